The van der Waals surface area contributed by atoms with Crippen LogP contribution in [0.2, 0.25) is 0 Å². The van der Waals surface area contributed by atoms with Crippen LogP contribution >= 0.6 is 0 Å². The molecule has 82 valence electrons. The molecule has 3 nitrogen and oxygen atoms in total. The van der Waals surface area contributed by atoms with Gasteiger partial charge in [-0.1, -0.05) is 12.2 Å². The Labute approximate surface area is 94.8 Å². The van der Waals surface area contributed by atoms with Gasteiger partial charge in [0.25, 0.3) is 11.8 Å². The van der Waals surface area contributed by atoms with Crippen LogP contribution in [0.4, 0.5) is 0 Å². The third kappa shape index (κ3) is 1.67. The lowest BCUT2D eigenvalue weighted by Crippen LogP contribution is -2.32. The van der Waals surface area contributed by atoms with E-state index in [-0.39, 0.29) is 11.8 Å². The van der Waals surface area contributed by atoms with Crippen LogP contribution in [-0.4, -0.2) is 23.3 Å². The number of hydrogen-bond donors (Lipinski definition) is 0. The summed E-state index contributed by atoms with van der Waals surface area (Å²) in [7, 11) is 0. The number of amides is 2. The van der Waals surface area contributed by atoms with Crippen molar-refractivity contribution in [2.24, 2.45) is 0 Å². The Balaban J connectivity index is 2.10. The minimum Gasteiger partial charge on any atom is -0.275 e. The van der Waals surface area contributed by atoms with E-state index in [9.17, 15) is 9.59 Å². The normalized spacial score (nSPS) is 19.1. The highest BCUT2D eigenvalue weighted by molar-refractivity contribution is 6.20. The largest absolute Gasteiger partial charge is 0.275 e. The monoisotopic (exact) mass is 215 g/mol. The Hall–Kier alpha value is -1.82. The number of carbonyl (C=O) groups is 2. The summed E-state index contributed by atoms with van der Waals surface area (Å²) in [4.78, 5) is 25.1. The van der Waals surface area contributed by atoms with Crippen LogP contribution in [0.3, 0.4) is 0 Å². The number of rotatable bonds is 3. The van der Waals surface area contributed by atoms with Crippen LogP contribution in [0.15, 0.2) is 23.3 Å². The molecular formula is C13H13NO2. The van der Waals surface area contributed by atoms with Crippen LogP contribution in [0.5, 0.6) is 0 Å². The zero-order valence-electron chi connectivity index (χ0n) is 9.03. The number of terminal acetylenes is 1. The van der Waals surface area contributed by atoms with E-state index in [4.69, 9.17) is 6.42 Å². The number of allylic oxidation sites excluding steroid dienone is 1. The lowest BCUT2D eigenvalue weighted by atomic mass is 10.00. The molecule has 3 heteroatoms. The zero-order chi connectivity index (χ0) is 11.5. The molecule has 0 aromatic heterocycles. The Kier molecular flexibility index (Phi) is 2.91. The molecule has 0 fully saturated rings. The summed E-state index contributed by atoms with van der Waals surface area (Å²) in [6, 6.07) is 0. The van der Waals surface area contributed by atoms with Gasteiger partial charge in [0.1, 0.15) is 0 Å². The van der Waals surface area contributed by atoms with Gasteiger partial charge in [0.2, 0.25) is 0 Å². The van der Waals surface area contributed by atoms with Gasteiger partial charge in [-0.25, -0.2) is 0 Å². The van der Waals surface area contributed by atoms with Gasteiger partial charge in [0, 0.05) is 24.1 Å². The molecule has 0 spiro atoms. The van der Waals surface area contributed by atoms with Crippen molar-refractivity contribution >= 4 is 11.8 Å². The highest BCUT2D eigenvalue weighted by Gasteiger charge is 2.36. The second-order valence-electron chi connectivity index (χ2n) is 3.90. The van der Waals surface area contributed by atoms with Crippen molar-refractivity contribution in [3.05, 3.63) is 23.3 Å². The van der Waals surface area contributed by atoms with Gasteiger partial charge in [-0.3, -0.25) is 14.5 Å². The smallest absolute Gasteiger partial charge is 0.261 e. The SMILES string of the molecule is C#CCCCN1C(=O)C2=C(CCC=C2)C1=O. The summed E-state index contributed by atoms with van der Waals surface area (Å²) < 4.78 is 0. The molecule has 16 heavy (non-hydrogen) atoms. The van der Waals surface area contributed by atoms with Gasteiger partial charge in [-0.05, 0) is 19.3 Å². The van der Waals surface area contributed by atoms with Gasteiger partial charge in [-0.15, -0.1) is 12.3 Å². The summed E-state index contributed by atoms with van der Waals surface area (Å²) in [5, 5.41) is 0. The van der Waals surface area contributed by atoms with Gasteiger partial charge in [0.05, 0.1) is 0 Å². The van der Waals surface area contributed by atoms with E-state index in [2.05, 4.69) is 5.92 Å². The fourth-order valence-corrected chi connectivity index (χ4v) is 2.03. The molecule has 0 N–H and O–H groups in total. The summed E-state index contributed by atoms with van der Waals surface area (Å²) >= 11 is 0. The quantitative estimate of drug-likeness (QED) is 0.405. The Bertz CT molecular complexity index is 437. The molecule has 2 amide bonds. The Morgan fingerprint density at radius 3 is 2.88 bits per heavy atom. The topological polar surface area (TPSA) is 37.4 Å². The van der Waals surface area contributed by atoms with Crippen LogP contribution in [-0.2, 0) is 9.59 Å². The predicted octanol–water partition coefficient (Wildman–Crippen LogP) is 1.42. The van der Waals surface area contributed by atoms with Crippen molar-refractivity contribution in [3.8, 4) is 12.3 Å². The van der Waals surface area contributed by atoms with Gasteiger partial charge < -0.3 is 0 Å². The van der Waals surface area contributed by atoms with E-state index < -0.39 is 0 Å². The number of hydrogen-bond acceptors (Lipinski definition) is 2. The van der Waals surface area contributed by atoms with E-state index in [0.717, 1.165) is 6.42 Å². The van der Waals surface area contributed by atoms with Crippen LogP contribution in [0, 0.1) is 12.3 Å². The molecule has 0 saturated carbocycles. The highest BCUT2D eigenvalue weighted by Crippen LogP contribution is 2.28. The first-order valence-electron chi connectivity index (χ1n) is 5.45. The first-order chi connectivity index (χ1) is 7.75. The number of nitrogens with zero attached hydrogens (tertiary/aromatic N) is 1. The van der Waals surface area contributed by atoms with Crippen molar-refractivity contribution < 1.29 is 9.59 Å². The zero-order valence-corrected chi connectivity index (χ0v) is 9.03. The second kappa shape index (κ2) is 4.36. The van der Waals surface area contributed by atoms with Crippen molar-refractivity contribution in [2.75, 3.05) is 6.54 Å². The molecule has 0 aromatic rings. The lowest BCUT2D eigenvalue weighted by molar-refractivity contribution is -0.137. The Morgan fingerprint density at radius 2 is 2.19 bits per heavy atom. The predicted molar refractivity (Wildman–Crippen MR) is 60.2 cm³/mol. The van der Waals surface area contributed by atoms with Crippen molar-refractivity contribution in [1.82, 2.24) is 4.90 Å². The number of unbranched alkanes of at least 4 members (excludes halogenated alkanes) is 1. The molecule has 0 radical (unpaired) electrons. The van der Waals surface area contributed by atoms with Gasteiger partial charge in [0.15, 0.2) is 0 Å². The summed E-state index contributed by atoms with van der Waals surface area (Å²) in [5.74, 6) is 2.22. The molecule has 2 rings (SSSR count). The number of carbonyl (C=O) groups excluding carboxylic acids is 2. The molecular weight excluding hydrogens is 202 g/mol. The molecule has 2 aliphatic rings. The maximum atomic E-state index is 11.9. The molecule has 0 aromatic carbocycles. The number of imide groups is 1. The molecule has 0 bridgehead atoms. The highest BCUT2D eigenvalue weighted by atomic mass is 16.2. The fourth-order valence-electron chi connectivity index (χ4n) is 2.03. The first kappa shape index (κ1) is 10.7. The summed E-state index contributed by atoms with van der Waals surface area (Å²) in [5.41, 5.74) is 1.25. The molecule has 0 atom stereocenters. The minimum absolute atomic E-state index is 0.124. The molecule has 1 aliphatic heterocycles. The average Bonchev–Trinajstić information content (AvgIpc) is 2.55. The van der Waals surface area contributed by atoms with E-state index in [0.29, 0.717) is 37.0 Å². The first-order valence-corrected chi connectivity index (χ1v) is 5.45. The summed E-state index contributed by atoms with van der Waals surface area (Å²) in [6.45, 7) is 0.433. The van der Waals surface area contributed by atoms with Crippen LogP contribution in [0.25, 0.3) is 0 Å². The third-order valence-corrected chi connectivity index (χ3v) is 2.85. The van der Waals surface area contributed by atoms with E-state index in [1.54, 1.807) is 6.08 Å². The molecule has 0 unspecified atom stereocenters. The van der Waals surface area contributed by atoms with Gasteiger partial charge in [-0.2, -0.15) is 0 Å². The molecule has 1 aliphatic carbocycles. The van der Waals surface area contributed by atoms with E-state index in [1.165, 1.54) is 4.90 Å². The third-order valence-electron chi connectivity index (χ3n) is 2.85. The standard InChI is InChI=1S/C13H13NO2/c1-2-3-6-9-14-12(15)10-7-4-5-8-11(10)13(14)16/h1,4,7H,3,5-6,8-9H2. The lowest BCUT2D eigenvalue weighted by Gasteiger charge is -2.13. The average molecular weight is 215 g/mol. The van der Waals surface area contributed by atoms with Crippen LogP contribution < -0.4 is 0 Å². The van der Waals surface area contributed by atoms with Crippen LogP contribution in [0.1, 0.15) is 25.7 Å². The molecule has 1 heterocycles. The molecule has 0 saturated heterocycles. The van der Waals surface area contributed by atoms with Gasteiger partial charge >= 0.3 is 0 Å². The second-order valence-corrected chi connectivity index (χ2v) is 3.90. The van der Waals surface area contributed by atoms with Crippen molar-refractivity contribution in [2.45, 2.75) is 25.7 Å². The summed E-state index contributed by atoms with van der Waals surface area (Å²) in [6.07, 6.45) is 11.6. The minimum atomic E-state index is -0.159. The van der Waals surface area contributed by atoms with E-state index >= 15 is 0 Å². The Morgan fingerprint density at radius 1 is 1.38 bits per heavy atom. The van der Waals surface area contributed by atoms with Crippen molar-refractivity contribution in [3.63, 3.8) is 0 Å². The van der Waals surface area contributed by atoms with Crippen molar-refractivity contribution in [1.29, 1.82) is 0 Å². The van der Waals surface area contributed by atoms with E-state index in [1.807, 2.05) is 6.08 Å². The fraction of sp³-hybridized carbons (Fsp3) is 0.385. The maximum absolute atomic E-state index is 11.9. The maximum Gasteiger partial charge on any atom is 0.261 e.